The van der Waals surface area contributed by atoms with Crippen molar-refractivity contribution in [2.24, 2.45) is 0 Å². The van der Waals surface area contributed by atoms with Gasteiger partial charge >= 0.3 is 0 Å². The maximum Gasteiger partial charge on any atom is 0.0933 e. The summed E-state index contributed by atoms with van der Waals surface area (Å²) in [6.45, 7) is 3.47. The van der Waals surface area contributed by atoms with Crippen molar-refractivity contribution in [1.82, 2.24) is 5.32 Å². The van der Waals surface area contributed by atoms with E-state index in [2.05, 4.69) is 11.2 Å². The van der Waals surface area contributed by atoms with Crippen molar-refractivity contribution in [3.63, 3.8) is 0 Å². The Morgan fingerprint density at radius 2 is 2.45 bits per heavy atom. The van der Waals surface area contributed by atoms with E-state index in [0.717, 1.165) is 6.54 Å². The summed E-state index contributed by atoms with van der Waals surface area (Å²) in [7, 11) is 0. The highest BCUT2D eigenvalue weighted by atomic mass is 16.6. The molecule has 0 saturated carbocycles. The van der Waals surface area contributed by atoms with Crippen LogP contribution in [0.2, 0.25) is 0 Å². The number of terminal acetylenes is 1. The van der Waals surface area contributed by atoms with Crippen molar-refractivity contribution in [3.8, 4) is 12.3 Å². The van der Waals surface area contributed by atoms with Crippen LogP contribution < -0.4 is 5.32 Å². The normalized spacial score (nSPS) is 24.5. The monoisotopic (exact) mass is 155 g/mol. The summed E-state index contributed by atoms with van der Waals surface area (Å²) in [5.41, 5.74) is 0. The van der Waals surface area contributed by atoms with E-state index in [1.54, 1.807) is 0 Å². The Morgan fingerprint density at radius 3 is 3.09 bits per heavy atom. The summed E-state index contributed by atoms with van der Waals surface area (Å²) < 4.78 is 10.6. The van der Waals surface area contributed by atoms with E-state index in [1.807, 2.05) is 0 Å². The molecule has 1 N–H and O–H groups in total. The first-order valence-corrected chi connectivity index (χ1v) is 3.77. The van der Waals surface area contributed by atoms with E-state index in [9.17, 15) is 0 Å². The Bertz CT molecular complexity index is 136. The Labute approximate surface area is 67.1 Å². The molecule has 1 atom stereocenters. The lowest BCUT2D eigenvalue weighted by atomic mass is 10.3. The van der Waals surface area contributed by atoms with Gasteiger partial charge in [-0.25, -0.2) is 0 Å². The first-order valence-electron chi connectivity index (χ1n) is 3.77. The maximum atomic E-state index is 5.37. The molecule has 1 saturated heterocycles. The maximum absolute atomic E-state index is 5.37. The highest BCUT2D eigenvalue weighted by Gasteiger charge is 2.12. The minimum absolute atomic E-state index is 0.178. The summed E-state index contributed by atoms with van der Waals surface area (Å²) in [6, 6.07) is 0. The van der Waals surface area contributed by atoms with Gasteiger partial charge in [-0.2, -0.15) is 0 Å². The molecule has 3 nitrogen and oxygen atoms in total. The van der Waals surface area contributed by atoms with Gasteiger partial charge < -0.3 is 14.8 Å². The van der Waals surface area contributed by atoms with Crippen molar-refractivity contribution in [1.29, 1.82) is 0 Å². The van der Waals surface area contributed by atoms with Gasteiger partial charge in [0, 0.05) is 6.54 Å². The first-order chi connectivity index (χ1) is 5.43. The van der Waals surface area contributed by atoms with Crippen LogP contribution in [0, 0.1) is 12.3 Å². The van der Waals surface area contributed by atoms with Crippen molar-refractivity contribution in [3.05, 3.63) is 0 Å². The molecule has 1 rings (SSSR count). The third-order valence-corrected chi connectivity index (χ3v) is 1.48. The fraction of sp³-hybridized carbons (Fsp3) is 0.750. The van der Waals surface area contributed by atoms with Crippen molar-refractivity contribution in [2.45, 2.75) is 6.10 Å². The van der Waals surface area contributed by atoms with Crippen LogP contribution >= 0.6 is 0 Å². The number of hydrogen-bond donors (Lipinski definition) is 1. The zero-order valence-corrected chi connectivity index (χ0v) is 6.51. The molecule has 11 heavy (non-hydrogen) atoms. The third-order valence-electron chi connectivity index (χ3n) is 1.48. The summed E-state index contributed by atoms with van der Waals surface area (Å²) in [5.74, 6) is 2.50. The molecular weight excluding hydrogens is 142 g/mol. The molecule has 0 amide bonds. The number of hydrogen-bond acceptors (Lipinski definition) is 3. The second-order valence-corrected chi connectivity index (χ2v) is 2.40. The van der Waals surface area contributed by atoms with Crippen LogP contribution in [0.5, 0.6) is 0 Å². The Morgan fingerprint density at radius 1 is 1.55 bits per heavy atom. The third kappa shape index (κ3) is 3.38. The predicted octanol–water partition coefficient (Wildman–Crippen LogP) is -0.375. The molecule has 1 unspecified atom stereocenters. The molecule has 0 spiro atoms. The van der Waals surface area contributed by atoms with Crippen molar-refractivity contribution < 1.29 is 9.47 Å². The number of rotatable bonds is 3. The molecule has 1 aliphatic heterocycles. The van der Waals surface area contributed by atoms with Crippen LogP contribution in [-0.4, -0.2) is 39.0 Å². The van der Waals surface area contributed by atoms with Crippen LogP contribution in [0.1, 0.15) is 0 Å². The molecule has 0 bridgehead atoms. The van der Waals surface area contributed by atoms with Crippen LogP contribution in [0.4, 0.5) is 0 Å². The van der Waals surface area contributed by atoms with Gasteiger partial charge in [-0.1, -0.05) is 5.92 Å². The van der Waals surface area contributed by atoms with Crippen LogP contribution in [0.25, 0.3) is 0 Å². The molecule has 0 aromatic heterocycles. The predicted molar refractivity (Wildman–Crippen MR) is 42.3 cm³/mol. The zero-order valence-electron chi connectivity index (χ0n) is 6.51. The number of ether oxygens (including phenoxy) is 2. The van der Waals surface area contributed by atoms with Gasteiger partial charge in [-0.15, -0.1) is 6.42 Å². The van der Waals surface area contributed by atoms with Gasteiger partial charge in [0.1, 0.15) is 0 Å². The molecule has 0 aromatic carbocycles. The van der Waals surface area contributed by atoms with Gasteiger partial charge in [-0.3, -0.25) is 0 Å². The van der Waals surface area contributed by atoms with Gasteiger partial charge in [0.15, 0.2) is 0 Å². The van der Waals surface area contributed by atoms with Gasteiger partial charge in [0.25, 0.3) is 0 Å². The van der Waals surface area contributed by atoms with E-state index in [1.165, 1.54) is 0 Å². The van der Waals surface area contributed by atoms with Crippen LogP contribution in [-0.2, 0) is 9.47 Å². The molecule has 3 heteroatoms. The molecule has 1 heterocycles. The first kappa shape index (κ1) is 8.54. The molecule has 1 fully saturated rings. The summed E-state index contributed by atoms with van der Waals surface area (Å²) >= 11 is 0. The van der Waals surface area contributed by atoms with E-state index >= 15 is 0 Å². The van der Waals surface area contributed by atoms with Gasteiger partial charge in [0.2, 0.25) is 0 Å². The van der Waals surface area contributed by atoms with Gasteiger partial charge in [0.05, 0.1) is 32.5 Å². The quantitative estimate of drug-likeness (QED) is 0.445. The van der Waals surface area contributed by atoms with Crippen LogP contribution in [0.15, 0.2) is 0 Å². The molecule has 0 radical (unpaired) electrons. The molecule has 0 aliphatic carbocycles. The minimum atomic E-state index is 0.178. The minimum Gasteiger partial charge on any atom is -0.376 e. The summed E-state index contributed by atoms with van der Waals surface area (Å²) in [6.07, 6.45) is 5.24. The second kappa shape index (κ2) is 5.14. The highest BCUT2D eigenvalue weighted by Crippen LogP contribution is 1.98. The fourth-order valence-corrected chi connectivity index (χ4v) is 0.960. The van der Waals surface area contributed by atoms with E-state index in [4.69, 9.17) is 15.9 Å². The number of nitrogens with one attached hydrogen (secondary N) is 1. The lowest BCUT2D eigenvalue weighted by Gasteiger charge is -2.22. The van der Waals surface area contributed by atoms with E-state index < -0.39 is 0 Å². The molecule has 62 valence electrons. The standard InChI is InChI=1S/C8H13NO2/c1-2-3-9-6-8-7-10-4-5-11-8/h1,8-9H,3-7H2. The summed E-state index contributed by atoms with van der Waals surface area (Å²) in [4.78, 5) is 0. The van der Waals surface area contributed by atoms with E-state index in [0.29, 0.717) is 26.4 Å². The SMILES string of the molecule is C#CCNCC1COCCO1. The van der Waals surface area contributed by atoms with Crippen molar-refractivity contribution >= 4 is 0 Å². The largest absolute Gasteiger partial charge is 0.376 e. The average molecular weight is 155 g/mol. The molecular formula is C8H13NO2. The average Bonchev–Trinajstić information content (AvgIpc) is 2.07. The Kier molecular flexibility index (Phi) is 3.99. The highest BCUT2D eigenvalue weighted by molar-refractivity contribution is 4.86. The lowest BCUT2D eigenvalue weighted by molar-refractivity contribution is -0.0860. The topological polar surface area (TPSA) is 30.5 Å². The zero-order chi connectivity index (χ0) is 7.94. The summed E-state index contributed by atoms with van der Waals surface area (Å²) in [5, 5.41) is 3.06. The molecule has 0 aromatic rings. The van der Waals surface area contributed by atoms with Gasteiger partial charge in [-0.05, 0) is 0 Å². The Hall–Kier alpha value is -0.560. The fourth-order valence-electron chi connectivity index (χ4n) is 0.960. The molecule has 1 aliphatic rings. The van der Waals surface area contributed by atoms with E-state index in [-0.39, 0.29) is 6.10 Å². The van der Waals surface area contributed by atoms with Crippen LogP contribution in [0.3, 0.4) is 0 Å². The Balaban J connectivity index is 2.01. The lowest BCUT2D eigenvalue weighted by Crippen LogP contribution is -2.37. The van der Waals surface area contributed by atoms with Crippen molar-refractivity contribution in [2.75, 3.05) is 32.9 Å². The second-order valence-electron chi connectivity index (χ2n) is 2.40. The smallest absolute Gasteiger partial charge is 0.0933 e.